The van der Waals surface area contributed by atoms with Gasteiger partial charge in [-0.3, -0.25) is 4.98 Å². The summed E-state index contributed by atoms with van der Waals surface area (Å²) < 4.78 is 0. The van der Waals surface area contributed by atoms with Crippen LogP contribution in [0, 0.1) is 0 Å². The molecule has 1 aromatic rings. The van der Waals surface area contributed by atoms with E-state index in [0.717, 1.165) is 5.69 Å². The second-order valence-electron chi connectivity index (χ2n) is 3.04. The molecule has 0 aromatic carbocycles. The SMILES string of the molecule is O=C(O)N1CCc2nc(Cl)cnc2C1. The van der Waals surface area contributed by atoms with Gasteiger partial charge in [0.15, 0.2) is 0 Å². The average Bonchev–Trinajstić information content (AvgIpc) is 2.16. The largest absolute Gasteiger partial charge is 0.465 e. The van der Waals surface area contributed by atoms with Crippen molar-refractivity contribution in [1.82, 2.24) is 14.9 Å². The van der Waals surface area contributed by atoms with Crippen molar-refractivity contribution in [3.05, 3.63) is 22.7 Å². The van der Waals surface area contributed by atoms with Crippen LogP contribution in [0.1, 0.15) is 11.4 Å². The van der Waals surface area contributed by atoms with E-state index >= 15 is 0 Å². The molecule has 0 aliphatic carbocycles. The van der Waals surface area contributed by atoms with Gasteiger partial charge in [0.1, 0.15) is 5.15 Å². The van der Waals surface area contributed by atoms with Gasteiger partial charge in [-0.05, 0) is 0 Å². The van der Waals surface area contributed by atoms with E-state index in [-0.39, 0.29) is 0 Å². The molecular formula is C8H8ClN3O2. The Kier molecular flexibility index (Phi) is 2.25. The zero-order valence-electron chi connectivity index (χ0n) is 7.27. The summed E-state index contributed by atoms with van der Waals surface area (Å²) in [6.45, 7) is 0.756. The monoisotopic (exact) mass is 213 g/mol. The fraction of sp³-hybridized carbons (Fsp3) is 0.375. The fourth-order valence-corrected chi connectivity index (χ4v) is 1.58. The van der Waals surface area contributed by atoms with Gasteiger partial charge in [0.25, 0.3) is 0 Å². The van der Waals surface area contributed by atoms with Crippen LogP contribution in [0.15, 0.2) is 6.20 Å². The molecule has 1 aromatic heterocycles. The van der Waals surface area contributed by atoms with Crippen LogP contribution in [0.3, 0.4) is 0 Å². The number of halogens is 1. The lowest BCUT2D eigenvalue weighted by Gasteiger charge is -2.24. The molecule has 1 N–H and O–H groups in total. The third kappa shape index (κ3) is 1.63. The number of fused-ring (bicyclic) bond motifs is 1. The van der Waals surface area contributed by atoms with Gasteiger partial charge in [-0.1, -0.05) is 11.6 Å². The van der Waals surface area contributed by atoms with Crippen LogP contribution in [-0.4, -0.2) is 32.6 Å². The average molecular weight is 214 g/mol. The van der Waals surface area contributed by atoms with Crippen LogP contribution >= 0.6 is 11.6 Å². The molecule has 74 valence electrons. The Labute approximate surface area is 85.3 Å². The van der Waals surface area contributed by atoms with Gasteiger partial charge in [0.05, 0.1) is 24.1 Å². The van der Waals surface area contributed by atoms with Crippen molar-refractivity contribution >= 4 is 17.7 Å². The molecule has 14 heavy (non-hydrogen) atoms. The number of carboxylic acid groups (broad SMARTS) is 1. The van der Waals surface area contributed by atoms with Crippen LogP contribution in [0.2, 0.25) is 5.15 Å². The normalized spacial score (nSPS) is 15.1. The predicted octanol–water partition coefficient (Wildman–Crippen LogP) is 1.17. The van der Waals surface area contributed by atoms with Crippen LogP contribution in [-0.2, 0) is 13.0 Å². The van der Waals surface area contributed by atoms with Crippen molar-refractivity contribution in [2.24, 2.45) is 0 Å². The van der Waals surface area contributed by atoms with Crippen LogP contribution < -0.4 is 0 Å². The Bertz CT molecular complexity index is 383. The predicted molar refractivity (Wildman–Crippen MR) is 49.2 cm³/mol. The van der Waals surface area contributed by atoms with Gasteiger partial charge >= 0.3 is 6.09 Å². The minimum atomic E-state index is -0.924. The van der Waals surface area contributed by atoms with E-state index in [1.165, 1.54) is 11.1 Å². The second-order valence-corrected chi connectivity index (χ2v) is 3.43. The number of rotatable bonds is 0. The Hall–Kier alpha value is -1.36. The van der Waals surface area contributed by atoms with E-state index in [2.05, 4.69) is 9.97 Å². The number of aromatic nitrogens is 2. The standard InChI is InChI=1S/C8H8ClN3O2/c9-7-3-10-6-4-12(8(13)14)2-1-5(6)11-7/h3H,1-2,4H2,(H,13,14). The van der Waals surface area contributed by atoms with Crippen molar-refractivity contribution in [2.45, 2.75) is 13.0 Å². The Morgan fingerprint density at radius 3 is 3.07 bits per heavy atom. The minimum absolute atomic E-state index is 0.300. The Balaban J connectivity index is 2.27. The van der Waals surface area contributed by atoms with Gasteiger partial charge in [0, 0.05) is 13.0 Å². The van der Waals surface area contributed by atoms with Gasteiger partial charge in [-0.15, -0.1) is 0 Å². The van der Waals surface area contributed by atoms with Gasteiger partial charge in [0.2, 0.25) is 0 Å². The maximum absolute atomic E-state index is 10.7. The summed E-state index contributed by atoms with van der Waals surface area (Å²) in [5.74, 6) is 0. The van der Waals surface area contributed by atoms with Gasteiger partial charge < -0.3 is 10.0 Å². The van der Waals surface area contributed by atoms with Crippen LogP contribution in [0.4, 0.5) is 4.79 Å². The maximum Gasteiger partial charge on any atom is 0.407 e. The van der Waals surface area contributed by atoms with Crippen molar-refractivity contribution in [2.75, 3.05) is 6.54 Å². The fourth-order valence-electron chi connectivity index (χ4n) is 1.42. The topological polar surface area (TPSA) is 66.3 Å². The van der Waals surface area contributed by atoms with Gasteiger partial charge in [-0.2, -0.15) is 0 Å². The lowest BCUT2D eigenvalue weighted by Crippen LogP contribution is -2.35. The number of amides is 1. The van der Waals surface area contributed by atoms with Crippen molar-refractivity contribution < 1.29 is 9.90 Å². The highest BCUT2D eigenvalue weighted by Crippen LogP contribution is 2.16. The number of nitrogens with zero attached hydrogens (tertiary/aromatic N) is 3. The third-order valence-corrected chi connectivity index (χ3v) is 2.31. The molecule has 1 aliphatic heterocycles. The molecule has 1 amide bonds. The Morgan fingerprint density at radius 2 is 2.36 bits per heavy atom. The van der Waals surface area contributed by atoms with Crippen molar-refractivity contribution in [1.29, 1.82) is 0 Å². The zero-order valence-corrected chi connectivity index (χ0v) is 8.03. The van der Waals surface area contributed by atoms with Gasteiger partial charge in [-0.25, -0.2) is 9.78 Å². The second kappa shape index (κ2) is 3.42. The van der Waals surface area contributed by atoms with E-state index < -0.39 is 6.09 Å². The molecular weight excluding hydrogens is 206 g/mol. The highest BCUT2D eigenvalue weighted by Gasteiger charge is 2.21. The first kappa shape index (κ1) is 9.21. The molecule has 0 spiro atoms. The summed E-state index contributed by atoms with van der Waals surface area (Å²) in [6.07, 6.45) is 1.09. The lowest BCUT2D eigenvalue weighted by atomic mass is 10.1. The molecule has 2 heterocycles. The van der Waals surface area contributed by atoms with Crippen molar-refractivity contribution in [3.63, 3.8) is 0 Å². The Morgan fingerprint density at radius 1 is 1.57 bits per heavy atom. The van der Waals surface area contributed by atoms with E-state index in [1.54, 1.807) is 0 Å². The maximum atomic E-state index is 10.7. The van der Waals surface area contributed by atoms with E-state index in [9.17, 15) is 4.79 Å². The minimum Gasteiger partial charge on any atom is -0.465 e. The van der Waals surface area contributed by atoms with Crippen molar-refractivity contribution in [3.8, 4) is 0 Å². The molecule has 0 saturated heterocycles. The zero-order chi connectivity index (χ0) is 10.1. The summed E-state index contributed by atoms with van der Waals surface area (Å²) in [4.78, 5) is 20.1. The molecule has 2 rings (SSSR count). The number of carbonyl (C=O) groups is 1. The summed E-state index contributed by atoms with van der Waals surface area (Å²) in [6, 6.07) is 0. The molecule has 6 heteroatoms. The quantitative estimate of drug-likeness (QED) is 0.703. The summed E-state index contributed by atoms with van der Waals surface area (Å²) in [7, 11) is 0. The first-order valence-electron chi connectivity index (χ1n) is 4.15. The third-order valence-electron chi connectivity index (χ3n) is 2.13. The van der Waals surface area contributed by atoms with Crippen LogP contribution in [0.25, 0.3) is 0 Å². The smallest absolute Gasteiger partial charge is 0.407 e. The van der Waals surface area contributed by atoms with E-state index in [4.69, 9.17) is 16.7 Å². The van der Waals surface area contributed by atoms with E-state index in [0.29, 0.717) is 30.4 Å². The highest BCUT2D eigenvalue weighted by atomic mass is 35.5. The molecule has 5 nitrogen and oxygen atoms in total. The molecule has 0 unspecified atom stereocenters. The molecule has 1 aliphatic rings. The molecule has 0 fully saturated rings. The summed E-state index contributed by atoms with van der Waals surface area (Å²) in [5.41, 5.74) is 1.50. The molecule has 0 saturated carbocycles. The van der Waals surface area contributed by atoms with E-state index in [1.807, 2.05) is 0 Å². The summed E-state index contributed by atoms with van der Waals surface area (Å²) in [5, 5.41) is 9.12. The molecule has 0 radical (unpaired) electrons. The first-order chi connectivity index (χ1) is 6.66. The number of hydrogen-bond acceptors (Lipinski definition) is 3. The first-order valence-corrected chi connectivity index (χ1v) is 4.53. The summed E-state index contributed by atoms with van der Waals surface area (Å²) >= 11 is 5.67. The highest BCUT2D eigenvalue weighted by molar-refractivity contribution is 6.29. The number of hydrogen-bond donors (Lipinski definition) is 1. The molecule has 0 atom stereocenters. The molecule has 0 bridgehead atoms. The van der Waals surface area contributed by atoms with Crippen LogP contribution in [0.5, 0.6) is 0 Å². The lowest BCUT2D eigenvalue weighted by molar-refractivity contribution is 0.138.